The molecule has 1 amide bonds. The van der Waals surface area contributed by atoms with Gasteiger partial charge < -0.3 is 19.3 Å². The second kappa shape index (κ2) is 7.04. The predicted octanol–water partition coefficient (Wildman–Crippen LogP) is 2.43. The molecule has 2 unspecified atom stereocenters. The number of amides is 1. The second-order valence-corrected chi connectivity index (χ2v) is 7.97. The highest BCUT2D eigenvalue weighted by atomic mass is 16.7. The zero-order valence-corrected chi connectivity index (χ0v) is 15.5. The van der Waals surface area contributed by atoms with E-state index in [0.29, 0.717) is 19.5 Å². The molecule has 6 nitrogen and oxygen atoms in total. The molecule has 0 aromatic rings. The van der Waals surface area contributed by atoms with Gasteiger partial charge in [-0.1, -0.05) is 13.3 Å². The number of likely N-dealkylation sites (tertiary alicyclic amines) is 1. The normalized spacial score (nSPS) is 28.4. The van der Waals surface area contributed by atoms with Gasteiger partial charge in [0.2, 0.25) is 5.91 Å². The smallest absolute Gasteiger partial charge is 0.457 e. The molecule has 2 saturated heterocycles. The van der Waals surface area contributed by atoms with Crippen LogP contribution in [0.15, 0.2) is 0 Å². The molecule has 7 heteroatoms. The molecular formula is C17H30BNO5. The molecule has 24 heavy (non-hydrogen) atoms. The van der Waals surface area contributed by atoms with Crippen LogP contribution >= 0.6 is 0 Å². The SMILES string of the molecule is CCC(=O)N1CC(CCCB2OC(C)(C)C(C)(C)O2)C(C(=O)O)C1. The fraction of sp³-hybridized carbons (Fsp3) is 0.882. The van der Waals surface area contributed by atoms with Crippen LogP contribution in [0.25, 0.3) is 0 Å². The minimum atomic E-state index is -0.804. The number of hydrogen-bond acceptors (Lipinski definition) is 4. The van der Waals surface area contributed by atoms with Crippen molar-refractivity contribution >= 4 is 19.0 Å². The average molecular weight is 339 g/mol. The summed E-state index contributed by atoms with van der Waals surface area (Å²) in [5.74, 6) is -1.21. The Balaban J connectivity index is 1.85. The topological polar surface area (TPSA) is 76.1 Å². The number of hydrogen-bond donors (Lipinski definition) is 1. The summed E-state index contributed by atoms with van der Waals surface area (Å²) >= 11 is 0. The van der Waals surface area contributed by atoms with Crippen LogP contribution in [0.5, 0.6) is 0 Å². The fourth-order valence-electron chi connectivity index (χ4n) is 3.50. The van der Waals surface area contributed by atoms with Crippen molar-refractivity contribution in [3.8, 4) is 0 Å². The first-order valence-electron chi connectivity index (χ1n) is 8.93. The highest BCUT2D eigenvalue weighted by Crippen LogP contribution is 2.38. The summed E-state index contributed by atoms with van der Waals surface area (Å²) in [5, 5.41) is 9.42. The maximum atomic E-state index is 11.8. The summed E-state index contributed by atoms with van der Waals surface area (Å²) < 4.78 is 12.0. The van der Waals surface area contributed by atoms with Gasteiger partial charge in [0.15, 0.2) is 0 Å². The van der Waals surface area contributed by atoms with Gasteiger partial charge in [0.1, 0.15) is 0 Å². The number of carboxylic acid groups (broad SMARTS) is 1. The molecule has 1 N–H and O–H groups in total. The molecule has 136 valence electrons. The Labute approximate surface area is 145 Å². The molecule has 2 atom stereocenters. The van der Waals surface area contributed by atoms with E-state index in [1.54, 1.807) is 4.90 Å². The molecule has 2 fully saturated rings. The lowest BCUT2D eigenvalue weighted by Gasteiger charge is -2.32. The number of carbonyl (C=O) groups is 2. The third-order valence-corrected chi connectivity index (χ3v) is 5.73. The Morgan fingerprint density at radius 1 is 1.17 bits per heavy atom. The minimum Gasteiger partial charge on any atom is -0.481 e. The van der Waals surface area contributed by atoms with Crippen LogP contribution in [-0.4, -0.2) is 53.3 Å². The van der Waals surface area contributed by atoms with Gasteiger partial charge in [0.25, 0.3) is 0 Å². The maximum Gasteiger partial charge on any atom is 0.457 e. The van der Waals surface area contributed by atoms with Crippen LogP contribution in [0.1, 0.15) is 53.9 Å². The van der Waals surface area contributed by atoms with Gasteiger partial charge in [0, 0.05) is 19.5 Å². The van der Waals surface area contributed by atoms with Crippen LogP contribution in [0.2, 0.25) is 6.32 Å². The summed E-state index contributed by atoms with van der Waals surface area (Å²) in [6.07, 6.45) is 2.78. The van der Waals surface area contributed by atoms with E-state index in [9.17, 15) is 14.7 Å². The molecule has 2 aliphatic heterocycles. The summed E-state index contributed by atoms with van der Waals surface area (Å²) in [5.41, 5.74) is -0.669. The summed E-state index contributed by atoms with van der Waals surface area (Å²) in [6, 6.07) is 0. The number of aliphatic carboxylic acids is 1. The van der Waals surface area contributed by atoms with E-state index >= 15 is 0 Å². The monoisotopic (exact) mass is 339 g/mol. The molecule has 2 rings (SSSR count). The van der Waals surface area contributed by atoms with Crippen molar-refractivity contribution in [3.63, 3.8) is 0 Å². The molecule has 2 heterocycles. The van der Waals surface area contributed by atoms with Crippen LogP contribution < -0.4 is 0 Å². The third-order valence-electron chi connectivity index (χ3n) is 5.73. The van der Waals surface area contributed by atoms with Gasteiger partial charge in [-0.15, -0.1) is 0 Å². The van der Waals surface area contributed by atoms with E-state index < -0.39 is 11.9 Å². The Bertz CT molecular complexity index is 477. The van der Waals surface area contributed by atoms with Gasteiger partial charge in [-0.25, -0.2) is 0 Å². The van der Waals surface area contributed by atoms with Crippen molar-refractivity contribution in [1.29, 1.82) is 0 Å². The van der Waals surface area contributed by atoms with Gasteiger partial charge in [-0.05, 0) is 46.4 Å². The number of carboxylic acids is 1. The van der Waals surface area contributed by atoms with Crippen molar-refractivity contribution in [2.75, 3.05) is 13.1 Å². The van der Waals surface area contributed by atoms with E-state index in [1.165, 1.54) is 0 Å². The van der Waals surface area contributed by atoms with Crippen molar-refractivity contribution in [3.05, 3.63) is 0 Å². The number of nitrogens with zero attached hydrogens (tertiary/aromatic N) is 1. The van der Waals surface area contributed by atoms with E-state index in [1.807, 2.05) is 34.6 Å². The first kappa shape index (κ1) is 19.3. The third kappa shape index (κ3) is 3.94. The average Bonchev–Trinajstić information content (AvgIpc) is 2.97. The first-order chi connectivity index (χ1) is 11.1. The lowest BCUT2D eigenvalue weighted by molar-refractivity contribution is -0.142. The highest BCUT2D eigenvalue weighted by Gasteiger charge is 2.50. The summed E-state index contributed by atoms with van der Waals surface area (Å²) in [7, 11) is -0.243. The van der Waals surface area contributed by atoms with E-state index in [0.717, 1.165) is 19.2 Å². The van der Waals surface area contributed by atoms with E-state index in [4.69, 9.17) is 9.31 Å². The van der Waals surface area contributed by atoms with Gasteiger partial charge >= 0.3 is 13.1 Å². The molecule has 0 bridgehead atoms. The van der Waals surface area contributed by atoms with Crippen molar-refractivity contribution in [1.82, 2.24) is 4.90 Å². The number of carbonyl (C=O) groups excluding carboxylic acids is 1. The molecule has 0 spiro atoms. The van der Waals surface area contributed by atoms with Crippen LogP contribution in [-0.2, 0) is 18.9 Å². The number of rotatable bonds is 6. The first-order valence-corrected chi connectivity index (χ1v) is 8.93. The van der Waals surface area contributed by atoms with E-state index in [2.05, 4.69) is 0 Å². The highest BCUT2D eigenvalue weighted by molar-refractivity contribution is 6.45. The van der Waals surface area contributed by atoms with Gasteiger partial charge in [-0.3, -0.25) is 9.59 Å². The molecule has 2 aliphatic rings. The van der Waals surface area contributed by atoms with Crippen molar-refractivity contribution in [2.24, 2.45) is 11.8 Å². The summed E-state index contributed by atoms with van der Waals surface area (Å²) in [6.45, 7) is 10.8. The fourth-order valence-corrected chi connectivity index (χ4v) is 3.50. The molecule has 0 aromatic heterocycles. The van der Waals surface area contributed by atoms with Crippen LogP contribution in [0, 0.1) is 11.8 Å². The molecule has 0 radical (unpaired) electrons. The Kier molecular flexibility index (Phi) is 5.65. The molecule has 0 saturated carbocycles. The predicted molar refractivity (Wildman–Crippen MR) is 91.6 cm³/mol. The zero-order valence-electron chi connectivity index (χ0n) is 15.5. The molecule has 0 aromatic carbocycles. The van der Waals surface area contributed by atoms with Crippen LogP contribution in [0.4, 0.5) is 0 Å². The lowest BCUT2D eigenvalue weighted by Crippen LogP contribution is -2.41. The van der Waals surface area contributed by atoms with E-state index in [-0.39, 0.29) is 30.1 Å². The van der Waals surface area contributed by atoms with Crippen LogP contribution in [0.3, 0.4) is 0 Å². The standard InChI is InChI=1S/C17H30BNO5/c1-6-14(20)19-10-12(13(11-19)15(21)22)8-7-9-18-23-16(2,3)17(4,5)24-18/h12-13H,6-11H2,1-5H3,(H,21,22). The van der Waals surface area contributed by atoms with Crippen molar-refractivity contribution < 1.29 is 24.0 Å². The molecular weight excluding hydrogens is 309 g/mol. The Morgan fingerprint density at radius 3 is 2.25 bits per heavy atom. The second-order valence-electron chi connectivity index (χ2n) is 7.97. The van der Waals surface area contributed by atoms with Crippen molar-refractivity contribution in [2.45, 2.75) is 71.4 Å². The Hall–Kier alpha value is -1.08. The van der Waals surface area contributed by atoms with Gasteiger partial charge in [-0.2, -0.15) is 0 Å². The summed E-state index contributed by atoms with van der Waals surface area (Å²) in [4.78, 5) is 25.0. The molecule has 0 aliphatic carbocycles. The maximum absolute atomic E-state index is 11.8. The lowest BCUT2D eigenvalue weighted by atomic mass is 9.79. The largest absolute Gasteiger partial charge is 0.481 e. The quantitative estimate of drug-likeness (QED) is 0.752. The van der Waals surface area contributed by atoms with Gasteiger partial charge in [0.05, 0.1) is 17.1 Å². The minimum absolute atomic E-state index is 0.0143. The zero-order chi connectivity index (χ0) is 18.1. The Morgan fingerprint density at radius 2 is 1.75 bits per heavy atom.